The second-order valence-electron chi connectivity index (χ2n) is 4.98. The number of nitrogens with zero attached hydrogens (tertiary/aromatic N) is 1. The van der Waals surface area contributed by atoms with E-state index in [2.05, 4.69) is 15.6 Å². The van der Waals surface area contributed by atoms with Crippen LogP contribution in [0.25, 0.3) is 0 Å². The molecule has 1 aromatic heterocycles. The fourth-order valence-corrected chi connectivity index (χ4v) is 4.03. The predicted octanol–water partition coefficient (Wildman–Crippen LogP) is 1.39. The van der Waals surface area contributed by atoms with Gasteiger partial charge >= 0.3 is 0 Å². The van der Waals surface area contributed by atoms with Gasteiger partial charge in [0.05, 0.1) is 30.6 Å². The molecule has 1 atom stereocenters. The van der Waals surface area contributed by atoms with Crippen LogP contribution in [0.5, 0.6) is 0 Å². The largest absolute Gasteiger partial charge is 0.472 e. The van der Waals surface area contributed by atoms with E-state index in [-0.39, 0.29) is 35.6 Å². The molecule has 2 heterocycles. The summed E-state index contributed by atoms with van der Waals surface area (Å²) in [6.45, 7) is 3.93. The molecular formula is C13H22IN3O3S. The standard InChI is InChI=1S/C13H21N3O3S.HI/c1-2-14-13(15-7-11-3-5-19-9-11)16-8-12-4-6-20(17,18)10-12;/h3,5,9,12H,2,4,6-8,10H2,1H3,(H2,14,15,16);1H. The van der Waals surface area contributed by atoms with E-state index < -0.39 is 9.84 Å². The average Bonchev–Trinajstić information content (AvgIpc) is 3.02. The van der Waals surface area contributed by atoms with Crippen molar-refractivity contribution in [3.63, 3.8) is 0 Å². The number of furan rings is 1. The molecule has 1 unspecified atom stereocenters. The molecule has 2 rings (SSSR count). The number of sulfone groups is 1. The molecule has 1 fully saturated rings. The summed E-state index contributed by atoms with van der Waals surface area (Å²) >= 11 is 0. The van der Waals surface area contributed by atoms with Crippen molar-refractivity contribution in [2.75, 3.05) is 24.6 Å². The molecule has 1 aliphatic rings. The Hall–Kier alpha value is -0.770. The predicted molar refractivity (Wildman–Crippen MR) is 93.7 cm³/mol. The molecule has 120 valence electrons. The maximum atomic E-state index is 11.4. The fraction of sp³-hybridized carbons (Fsp3) is 0.615. The summed E-state index contributed by atoms with van der Waals surface area (Å²) in [5, 5.41) is 6.36. The van der Waals surface area contributed by atoms with Gasteiger partial charge < -0.3 is 15.1 Å². The summed E-state index contributed by atoms with van der Waals surface area (Å²) in [6, 6.07) is 1.87. The Morgan fingerprint density at radius 2 is 2.29 bits per heavy atom. The van der Waals surface area contributed by atoms with Crippen LogP contribution in [-0.4, -0.2) is 39.0 Å². The van der Waals surface area contributed by atoms with E-state index in [1.807, 2.05) is 13.0 Å². The molecule has 8 heteroatoms. The highest BCUT2D eigenvalue weighted by atomic mass is 127. The SMILES string of the molecule is CCNC(=NCc1ccoc1)NCC1CCS(=O)(=O)C1.I. The van der Waals surface area contributed by atoms with E-state index in [9.17, 15) is 8.42 Å². The Kier molecular flexibility index (Phi) is 7.50. The smallest absolute Gasteiger partial charge is 0.191 e. The molecule has 0 radical (unpaired) electrons. The minimum atomic E-state index is -2.82. The summed E-state index contributed by atoms with van der Waals surface area (Å²) in [5.74, 6) is 1.47. The zero-order valence-corrected chi connectivity index (χ0v) is 15.2. The first kappa shape index (κ1) is 18.3. The van der Waals surface area contributed by atoms with Gasteiger partial charge in [-0.1, -0.05) is 0 Å². The lowest BCUT2D eigenvalue weighted by Crippen LogP contribution is -2.40. The van der Waals surface area contributed by atoms with E-state index >= 15 is 0 Å². The lowest BCUT2D eigenvalue weighted by Gasteiger charge is -2.14. The first-order valence-electron chi connectivity index (χ1n) is 6.83. The molecule has 0 aromatic carbocycles. The number of nitrogens with one attached hydrogen (secondary N) is 2. The van der Waals surface area contributed by atoms with Crippen LogP contribution in [-0.2, 0) is 16.4 Å². The van der Waals surface area contributed by atoms with Crippen LogP contribution in [0.3, 0.4) is 0 Å². The molecule has 6 nitrogen and oxygen atoms in total. The maximum Gasteiger partial charge on any atom is 0.191 e. The maximum absolute atomic E-state index is 11.4. The summed E-state index contributed by atoms with van der Waals surface area (Å²) in [5.41, 5.74) is 1.01. The van der Waals surface area contributed by atoms with Crippen LogP contribution in [0.4, 0.5) is 0 Å². The number of rotatable bonds is 5. The van der Waals surface area contributed by atoms with Crippen LogP contribution in [0.1, 0.15) is 18.9 Å². The number of halogens is 1. The number of guanidine groups is 1. The highest BCUT2D eigenvalue weighted by Crippen LogP contribution is 2.17. The first-order chi connectivity index (χ1) is 9.59. The number of aliphatic imine (C=N–C) groups is 1. The molecule has 1 aromatic rings. The third-order valence-corrected chi connectivity index (χ3v) is 5.07. The van der Waals surface area contributed by atoms with Gasteiger partial charge in [-0.05, 0) is 25.3 Å². The van der Waals surface area contributed by atoms with Crippen molar-refractivity contribution in [1.29, 1.82) is 0 Å². The summed E-state index contributed by atoms with van der Waals surface area (Å²) in [6.07, 6.45) is 4.02. The molecule has 0 bridgehead atoms. The molecule has 0 spiro atoms. The molecule has 2 N–H and O–H groups in total. The number of hydrogen-bond donors (Lipinski definition) is 2. The van der Waals surface area contributed by atoms with Crippen molar-refractivity contribution in [1.82, 2.24) is 10.6 Å². The average molecular weight is 427 g/mol. The molecule has 0 saturated carbocycles. The topological polar surface area (TPSA) is 83.7 Å². The zero-order valence-electron chi connectivity index (χ0n) is 12.0. The summed E-state index contributed by atoms with van der Waals surface area (Å²) in [7, 11) is -2.82. The van der Waals surface area contributed by atoms with E-state index in [0.717, 1.165) is 18.5 Å². The fourth-order valence-electron chi connectivity index (χ4n) is 2.17. The zero-order chi connectivity index (χ0) is 14.4. The van der Waals surface area contributed by atoms with E-state index in [1.165, 1.54) is 0 Å². The van der Waals surface area contributed by atoms with Gasteiger partial charge in [0.1, 0.15) is 0 Å². The Labute approximate surface area is 142 Å². The Bertz CT molecular complexity index is 543. The lowest BCUT2D eigenvalue weighted by molar-refractivity contribution is 0.562. The summed E-state index contributed by atoms with van der Waals surface area (Å²) in [4.78, 5) is 4.44. The van der Waals surface area contributed by atoms with Gasteiger partial charge in [0.2, 0.25) is 0 Å². The van der Waals surface area contributed by atoms with Gasteiger partial charge in [-0.15, -0.1) is 24.0 Å². The van der Waals surface area contributed by atoms with Crippen LogP contribution < -0.4 is 10.6 Å². The van der Waals surface area contributed by atoms with Gasteiger partial charge in [0.25, 0.3) is 0 Å². The van der Waals surface area contributed by atoms with Crippen LogP contribution >= 0.6 is 24.0 Å². The molecule has 21 heavy (non-hydrogen) atoms. The van der Waals surface area contributed by atoms with Crippen molar-refractivity contribution in [2.45, 2.75) is 19.9 Å². The monoisotopic (exact) mass is 427 g/mol. The third kappa shape index (κ3) is 6.25. The van der Waals surface area contributed by atoms with Gasteiger partial charge in [-0.3, -0.25) is 0 Å². The van der Waals surface area contributed by atoms with Crippen LogP contribution in [0, 0.1) is 5.92 Å². The van der Waals surface area contributed by atoms with Crippen molar-refractivity contribution < 1.29 is 12.8 Å². The highest BCUT2D eigenvalue weighted by molar-refractivity contribution is 14.0. The van der Waals surface area contributed by atoms with Crippen molar-refractivity contribution in [3.8, 4) is 0 Å². The Balaban J connectivity index is 0.00000220. The third-order valence-electron chi connectivity index (χ3n) is 3.23. The molecule has 0 amide bonds. The van der Waals surface area contributed by atoms with Crippen molar-refractivity contribution >= 4 is 39.8 Å². The molecule has 1 saturated heterocycles. The van der Waals surface area contributed by atoms with Crippen LogP contribution in [0.2, 0.25) is 0 Å². The van der Waals surface area contributed by atoms with Crippen LogP contribution in [0.15, 0.2) is 28.0 Å². The second-order valence-corrected chi connectivity index (χ2v) is 7.21. The van der Waals surface area contributed by atoms with Gasteiger partial charge in [-0.25, -0.2) is 13.4 Å². The van der Waals surface area contributed by atoms with Crippen molar-refractivity contribution in [2.24, 2.45) is 10.9 Å². The normalized spacial score (nSPS) is 20.8. The summed E-state index contributed by atoms with van der Waals surface area (Å²) < 4.78 is 27.8. The highest BCUT2D eigenvalue weighted by Gasteiger charge is 2.27. The van der Waals surface area contributed by atoms with E-state index in [1.54, 1.807) is 12.5 Å². The molecular weight excluding hydrogens is 405 g/mol. The number of hydrogen-bond acceptors (Lipinski definition) is 4. The van der Waals surface area contributed by atoms with Gasteiger partial charge in [-0.2, -0.15) is 0 Å². The minimum Gasteiger partial charge on any atom is -0.472 e. The van der Waals surface area contributed by atoms with Crippen molar-refractivity contribution in [3.05, 3.63) is 24.2 Å². The quantitative estimate of drug-likeness (QED) is 0.422. The minimum absolute atomic E-state index is 0. The first-order valence-corrected chi connectivity index (χ1v) is 8.65. The Morgan fingerprint density at radius 1 is 1.48 bits per heavy atom. The molecule has 0 aliphatic carbocycles. The van der Waals surface area contributed by atoms with E-state index in [0.29, 0.717) is 24.8 Å². The van der Waals surface area contributed by atoms with Gasteiger partial charge in [0.15, 0.2) is 15.8 Å². The second kappa shape index (κ2) is 8.62. The molecule has 1 aliphatic heterocycles. The Morgan fingerprint density at radius 3 is 2.86 bits per heavy atom. The van der Waals surface area contributed by atoms with E-state index in [4.69, 9.17) is 4.42 Å². The van der Waals surface area contributed by atoms with Gasteiger partial charge in [0, 0.05) is 18.7 Å². The lowest BCUT2D eigenvalue weighted by atomic mass is 10.1.